The summed E-state index contributed by atoms with van der Waals surface area (Å²) in [5.41, 5.74) is 2.70. The lowest BCUT2D eigenvalue weighted by atomic mass is 9.90. The monoisotopic (exact) mass is 474 g/mol. The molecule has 0 spiro atoms. The Morgan fingerprint density at radius 1 is 1.00 bits per heavy atom. The van der Waals surface area contributed by atoms with Gasteiger partial charge in [-0.15, -0.1) is 0 Å². The normalized spacial score (nSPS) is 11.3. The zero-order valence-corrected chi connectivity index (χ0v) is 20.5. The van der Waals surface area contributed by atoms with E-state index < -0.39 is 0 Å². The minimum atomic E-state index is -0.367. The SMILES string of the molecule is CCSc1nc(NC(C)C)c2cnn(CCNC(=O)C(c3ccccc3)c3ccccc3)c2n1. The van der Waals surface area contributed by atoms with Gasteiger partial charge in [-0.25, -0.2) is 14.6 Å². The van der Waals surface area contributed by atoms with Gasteiger partial charge >= 0.3 is 0 Å². The Labute approximate surface area is 204 Å². The van der Waals surface area contributed by atoms with Crippen LogP contribution in [0.4, 0.5) is 5.82 Å². The Hall–Kier alpha value is -3.39. The average Bonchev–Trinajstić information content (AvgIpc) is 3.24. The van der Waals surface area contributed by atoms with Gasteiger partial charge in [0.15, 0.2) is 10.8 Å². The first-order valence-corrected chi connectivity index (χ1v) is 12.6. The van der Waals surface area contributed by atoms with Gasteiger partial charge < -0.3 is 10.6 Å². The highest BCUT2D eigenvalue weighted by atomic mass is 32.2. The van der Waals surface area contributed by atoms with Crippen LogP contribution in [0, 0.1) is 0 Å². The predicted molar refractivity (Wildman–Crippen MR) is 138 cm³/mol. The molecule has 4 rings (SSSR count). The lowest BCUT2D eigenvalue weighted by Crippen LogP contribution is -2.32. The van der Waals surface area contributed by atoms with E-state index in [2.05, 4.69) is 41.5 Å². The summed E-state index contributed by atoms with van der Waals surface area (Å²) in [7, 11) is 0. The van der Waals surface area contributed by atoms with Crippen LogP contribution in [0.15, 0.2) is 72.0 Å². The fourth-order valence-corrected chi connectivity index (χ4v) is 4.41. The molecule has 0 radical (unpaired) electrons. The number of benzene rings is 2. The van der Waals surface area contributed by atoms with E-state index in [9.17, 15) is 4.79 Å². The lowest BCUT2D eigenvalue weighted by Gasteiger charge is -2.18. The number of hydrogen-bond donors (Lipinski definition) is 2. The van der Waals surface area contributed by atoms with Crippen LogP contribution in [0.3, 0.4) is 0 Å². The van der Waals surface area contributed by atoms with Crippen LogP contribution in [-0.4, -0.2) is 44.0 Å². The number of amides is 1. The average molecular weight is 475 g/mol. The van der Waals surface area contributed by atoms with Crippen molar-refractivity contribution in [2.24, 2.45) is 0 Å². The van der Waals surface area contributed by atoms with Crippen LogP contribution in [0.1, 0.15) is 37.8 Å². The topological polar surface area (TPSA) is 84.7 Å². The minimum absolute atomic E-state index is 0.0344. The van der Waals surface area contributed by atoms with Crippen molar-refractivity contribution in [2.45, 2.75) is 44.4 Å². The standard InChI is InChI=1S/C26H30N6OS/c1-4-34-26-30-23(29-18(2)3)21-17-28-32(24(21)31-26)16-15-27-25(33)22(19-11-7-5-8-12-19)20-13-9-6-10-14-20/h5-14,17-18,22H,4,15-16H2,1-3H3,(H,27,33)(H,29,30,31). The van der Waals surface area contributed by atoms with E-state index in [0.29, 0.717) is 13.1 Å². The first-order chi connectivity index (χ1) is 16.6. The van der Waals surface area contributed by atoms with Crippen molar-refractivity contribution in [1.29, 1.82) is 0 Å². The van der Waals surface area contributed by atoms with Gasteiger partial charge in [0.05, 0.1) is 24.0 Å². The zero-order valence-electron chi connectivity index (χ0n) is 19.7. The van der Waals surface area contributed by atoms with Crippen LogP contribution in [0.5, 0.6) is 0 Å². The van der Waals surface area contributed by atoms with Crippen molar-refractivity contribution in [3.63, 3.8) is 0 Å². The molecule has 2 N–H and O–H groups in total. The molecule has 2 heterocycles. The van der Waals surface area contributed by atoms with E-state index in [1.54, 1.807) is 18.0 Å². The third kappa shape index (κ3) is 5.56. The van der Waals surface area contributed by atoms with Gasteiger partial charge in [0.1, 0.15) is 5.82 Å². The Bertz CT molecular complexity index is 1190. The maximum absolute atomic E-state index is 13.3. The largest absolute Gasteiger partial charge is 0.367 e. The summed E-state index contributed by atoms with van der Waals surface area (Å²) in [5, 5.41) is 12.6. The maximum atomic E-state index is 13.3. The molecule has 0 fully saturated rings. The molecule has 0 bridgehead atoms. The number of carbonyl (C=O) groups is 1. The second kappa shape index (κ2) is 11.2. The highest BCUT2D eigenvalue weighted by Crippen LogP contribution is 2.26. The summed E-state index contributed by atoms with van der Waals surface area (Å²) in [5.74, 6) is 1.28. The van der Waals surface area contributed by atoms with Gasteiger partial charge in [-0.1, -0.05) is 79.3 Å². The van der Waals surface area contributed by atoms with Crippen molar-refractivity contribution in [2.75, 3.05) is 17.6 Å². The van der Waals surface area contributed by atoms with Crippen molar-refractivity contribution in [3.8, 4) is 0 Å². The zero-order chi connectivity index (χ0) is 23.9. The highest BCUT2D eigenvalue weighted by Gasteiger charge is 2.22. The molecule has 0 atom stereocenters. The molecule has 4 aromatic rings. The van der Waals surface area contributed by atoms with E-state index in [-0.39, 0.29) is 17.9 Å². The number of thioether (sulfide) groups is 1. The lowest BCUT2D eigenvalue weighted by molar-refractivity contribution is -0.121. The van der Waals surface area contributed by atoms with Crippen LogP contribution < -0.4 is 10.6 Å². The Morgan fingerprint density at radius 2 is 1.65 bits per heavy atom. The summed E-state index contributed by atoms with van der Waals surface area (Å²) in [4.78, 5) is 22.7. The van der Waals surface area contributed by atoms with Crippen molar-refractivity contribution < 1.29 is 4.79 Å². The van der Waals surface area contributed by atoms with Crippen molar-refractivity contribution in [1.82, 2.24) is 25.1 Å². The summed E-state index contributed by atoms with van der Waals surface area (Å²) < 4.78 is 1.84. The van der Waals surface area contributed by atoms with Crippen molar-refractivity contribution in [3.05, 3.63) is 78.0 Å². The Balaban J connectivity index is 1.52. The van der Waals surface area contributed by atoms with Gasteiger partial charge in [-0.3, -0.25) is 4.79 Å². The molecule has 7 nitrogen and oxygen atoms in total. The quantitative estimate of drug-likeness (QED) is 0.256. The number of nitrogens with zero attached hydrogens (tertiary/aromatic N) is 4. The van der Waals surface area contributed by atoms with E-state index in [1.165, 1.54) is 0 Å². The summed E-state index contributed by atoms with van der Waals surface area (Å²) >= 11 is 1.60. The van der Waals surface area contributed by atoms with Gasteiger partial charge in [0.2, 0.25) is 5.91 Å². The smallest absolute Gasteiger partial charge is 0.232 e. The van der Waals surface area contributed by atoms with Gasteiger partial charge in [0.25, 0.3) is 0 Å². The Morgan fingerprint density at radius 3 is 2.24 bits per heavy atom. The molecule has 0 saturated heterocycles. The van der Waals surface area contributed by atoms with Crippen LogP contribution in [-0.2, 0) is 11.3 Å². The van der Waals surface area contributed by atoms with Crippen LogP contribution in [0.25, 0.3) is 11.0 Å². The van der Waals surface area contributed by atoms with Gasteiger partial charge in [0, 0.05) is 12.6 Å². The third-order valence-corrected chi connectivity index (χ3v) is 6.05. The number of nitrogens with one attached hydrogen (secondary N) is 2. The fraction of sp³-hybridized carbons (Fsp3) is 0.308. The second-order valence-corrected chi connectivity index (χ2v) is 9.47. The van der Waals surface area contributed by atoms with E-state index in [1.807, 2.05) is 65.3 Å². The molecule has 2 aromatic carbocycles. The molecule has 176 valence electrons. The first kappa shape index (κ1) is 23.8. The fourth-order valence-electron chi connectivity index (χ4n) is 3.85. The molecule has 0 unspecified atom stereocenters. The summed E-state index contributed by atoms with van der Waals surface area (Å²) in [6, 6.07) is 20.0. The number of fused-ring (bicyclic) bond motifs is 1. The predicted octanol–water partition coefficient (Wildman–Crippen LogP) is 4.71. The van der Waals surface area contributed by atoms with E-state index in [4.69, 9.17) is 4.98 Å². The first-order valence-electron chi connectivity index (χ1n) is 11.6. The molecular formula is C26H30N6OS. The number of aromatic nitrogens is 4. The van der Waals surface area contributed by atoms with Crippen LogP contribution in [0.2, 0.25) is 0 Å². The summed E-state index contributed by atoms with van der Waals surface area (Å²) in [6.07, 6.45) is 1.79. The summed E-state index contributed by atoms with van der Waals surface area (Å²) in [6.45, 7) is 7.20. The highest BCUT2D eigenvalue weighted by molar-refractivity contribution is 7.99. The van der Waals surface area contributed by atoms with Crippen molar-refractivity contribution >= 4 is 34.5 Å². The van der Waals surface area contributed by atoms with E-state index in [0.717, 1.165) is 38.9 Å². The number of carbonyl (C=O) groups excluding carboxylic acids is 1. The molecule has 8 heteroatoms. The molecule has 2 aromatic heterocycles. The number of anilines is 1. The van der Waals surface area contributed by atoms with Crippen LogP contribution >= 0.6 is 11.8 Å². The number of rotatable bonds is 10. The molecule has 0 aliphatic rings. The minimum Gasteiger partial charge on any atom is -0.367 e. The molecule has 1 amide bonds. The molecule has 34 heavy (non-hydrogen) atoms. The Kier molecular flexibility index (Phi) is 7.80. The molecular weight excluding hydrogens is 444 g/mol. The van der Waals surface area contributed by atoms with E-state index >= 15 is 0 Å². The van der Waals surface area contributed by atoms with Gasteiger partial charge in [-0.05, 0) is 30.7 Å². The van der Waals surface area contributed by atoms with Gasteiger partial charge in [-0.2, -0.15) is 5.10 Å². The molecule has 0 aliphatic heterocycles. The maximum Gasteiger partial charge on any atom is 0.232 e. The second-order valence-electron chi connectivity index (χ2n) is 8.24. The molecule has 0 aliphatic carbocycles. The molecule has 0 saturated carbocycles. The third-order valence-electron chi connectivity index (χ3n) is 5.33. The number of hydrogen-bond acceptors (Lipinski definition) is 6.